The van der Waals surface area contributed by atoms with Gasteiger partial charge >= 0.3 is 12.6 Å². The van der Waals surface area contributed by atoms with Crippen molar-refractivity contribution < 1.29 is 33.3 Å². The van der Waals surface area contributed by atoms with Crippen molar-refractivity contribution in [3.05, 3.63) is 57.1 Å². The lowest BCUT2D eigenvalue weighted by Crippen LogP contribution is -2.50. The third-order valence-corrected chi connectivity index (χ3v) is 7.92. The van der Waals surface area contributed by atoms with E-state index < -0.39 is 24.6 Å². The molecule has 2 aromatic rings. The lowest BCUT2D eigenvalue weighted by atomic mass is 9.82. The maximum absolute atomic E-state index is 13.0. The molecule has 0 bridgehead atoms. The number of carbonyl (C=O) groups is 1. The van der Waals surface area contributed by atoms with Crippen LogP contribution in [0.1, 0.15) is 61.9 Å². The van der Waals surface area contributed by atoms with Crippen molar-refractivity contribution in [2.24, 2.45) is 5.92 Å². The fourth-order valence-corrected chi connectivity index (χ4v) is 5.65. The SMILES string of the molecule is CC(c1cc(Cl)cc(Cl)c1OC(F)F)N1CCC2(CCc3ccc([C@H](O)[C@H](C)C(=O)O)cc3O2)CC1. The van der Waals surface area contributed by atoms with E-state index in [1.165, 1.54) is 13.0 Å². The van der Waals surface area contributed by atoms with E-state index in [-0.39, 0.29) is 22.4 Å². The maximum atomic E-state index is 13.0. The lowest BCUT2D eigenvalue weighted by Gasteiger charge is -2.46. The molecule has 0 amide bonds. The number of aliphatic carboxylic acids is 1. The summed E-state index contributed by atoms with van der Waals surface area (Å²) in [4.78, 5) is 13.5. The highest BCUT2D eigenvalue weighted by Crippen LogP contribution is 2.44. The number of hydrogen-bond donors (Lipinski definition) is 2. The summed E-state index contributed by atoms with van der Waals surface area (Å²) in [6.45, 7) is 1.69. The molecule has 2 aliphatic heterocycles. The number of carboxylic acids is 1. The third kappa shape index (κ3) is 5.57. The Hall–Kier alpha value is -2.13. The highest BCUT2D eigenvalue weighted by molar-refractivity contribution is 6.35. The number of ether oxygens (including phenoxy) is 2. The Kier molecular flexibility index (Phi) is 8.00. The molecule has 1 unspecified atom stereocenters. The van der Waals surface area contributed by atoms with Gasteiger partial charge in [0.25, 0.3) is 0 Å². The molecule has 0 radical (unpaired) electrons. The molecular weight excluding hydrogens is 515 g/mol. The molecule has 1 fully saturated rings. The number of alkyl halides is 2. The molecule has 2 aromatic carbocycles. The fraction of sp³-hybridized carbons (Fsp3) is 0.500. The Bertz CT molecular complexity index is 1120. The first-order chi connectivity index (χ1) is 17.0. The minimum Gasteiger partial charge on any atom is -0.487 e. The van der Waals surface area contributed by atoms with Crippen LogP contribution in [0.25, 0.3) is 0 Å². The van der Waals surface area contributed by atoms with Crippen LogP contribution in [0.4, 0.5) is 8.78 Å². The number of rotatable bonds is 7. The van der Waals surface area contributed by atoms with Gasteiger partial charge in [-0.3, -0.25) is 9.69 Å². The van der Waals surface area contributed by atoms with Gasteiger partial charge in [-0.25, -0.2) is 0 Å². The molecular formula is C26H29Cl2F2NO5. The normalized spacial score (nSPS) is 19.9. The van der Waals surface area contributed by atoms with E-state index in [2.05, 4.69) is 4.90 Å². The summed E-state index contributed by atoms with van der Waals surface area (Å²) in [7, 11) is 0. The van der Waals surface area contributed by atoms with Crippen LogP contribution < -0.4 is 9.47 Å². The summed E-state index contributed by atoms with van der Waals surface area (Å²) in [6.07, 6.45) is 1.94. The Balaban J connectivity index is 1.48. The first-order valence-corrected chi connectivity index (χ1v) is 12.7. The number of halogens is 4. The zero-order chi connectivity index (χ0) is 26.2. The lowest BCUT2D eigenvalue weighted by molar-refractivity contribution is -0.145. The summed E-state index contributed by atoms with van der Waals surface area (Å²) in [6, 6.07) is 8.12. The number of hydrogen-bond acceptors (Lipinski definition) is 5. The second-order valence-electron chi connectivity index (χ2n) is 9.62. The number of fused-ring (bicyclic) bond motifs is 1. The van der Waals surface area contributed by atoms with Gasteiger partial charge in [0, 0.05) is 29.7 Å². The van der Waals surface area contributed by atoms with Gasteiger partial charge in [0.15, 0.2) is 0 Å². The van der Waals surface area contributed by atoms with Crippen LogP contribution in [-0.2, 0) is 11.2 Å². The van der Waals surface area contributed by atoms with Gasteiger partial charge in [0.05, 0.1) is 17.0 Å². The quantitative estimate of drug-likeness (QED) is 0.428. The first kappa shape index (κ1) is 26.9. The Morgan fingerprint density at radius 3 is 2.47 bits per heavy atom. The van der Waals surface area contributed by atoms with Crippen LogP contribution in [0.3, 0.4) is 0 Å². The van der Waals surface area contributed by atoms with Crippen molar-refractivity contribution in [1.82, 2.24) is 4.90 Å². The van der Waals surface area contributed by atoms with Crippen molar-refractivity contribution in [2.45, 2.75) is 63.9 Å². The van der Waals surface area contributed by atoms with Crippen LogP contribution in [0.15, 0.2) is 30.3 Å². The second-order valence-corrected chi connectivity index (χ2v) is 10.5. The van der Waals surface area contributed by atoms with Gasteiger partial charge in [-0.15, -0.1) is 0 Å². The minimum atomic E-state index is -3.00. The van der Waals surface area contributed by atoms with Gasteiger partial charge in [0.1, 0.15) is 17.1 Å². The number of benzene rings is 2. The van der Waals surface area contributed by atoms with Crippen LogP contribution in [0.2, 0.25) is 10.0 Å². The van der Waals surface area contributed by atoms with E-state index in [0.29, 0.717) is 47.8 Å². The van der Waals surface area contributed by atoms with Crippen LogP contribution in [0.5, 0.6) is 11.5 Å². The summed E-state index contributed by atoms with van der Waals surface area (Å²) >= 11 is 12.3. The van der Waals surface area contributed by atoms with Crippen molar-refractivity contribution in [3.8, 4) is 11.5 Å². The number of aliphatic hydroxyl groups excluding tert-OH is 1. The molecule has 2 heterocycles. The number of aliphatic hydroxyl groups is 1. The van der Waals surface area contributed by atoms with Crippen LogP contribution in [-0.4, -0.2) is 46.4 Å². The van der Waals surface area contributed by atoms with Gasteiger partial charge in [-0.05, 0) is 68.9 Å². The summed E-state index contributed by atoms with van der Waals surface area (Å²) in [5, 5.41) is 20.1. The predicted molar refractivity (Wildman–Crippen MR) is 132 cm³/mol. The predicted octanol–water partition coefficient (Wildman–Crippen LogP) is 6.27. The Morgan fingerprint density at radius 1 is 1.14 bits per heavy atom. The molecule has 1 saturated heterocycles. The minimum absolute atomic E-state index is 0.0422. The number of nitrogens with zero attached hydrogens (tertiary/aromatic N) is 1. The van der Waals surface area contributed by atoms with Crippen LogP contribution >= 0.6 is 23.2 Å². The van der Waals surface area contributed by atoms with Gasteiger partial charge in [-0.1, -0.05) is 35.3 Å². The molecule has 4 rings (SSSR count). The monoisotopic (exact) mass is 543 g/mol. The van der Waals surface area contributed by atoms with E-state index in [1.54, 1.807) is 18.2 Å². The van der Waals surface area contributed by atoms with E-state index >= 15 is 0 Å². The number of piperidine rings is 1. The molecule has 0 saturated carbocycles. The summed E-state index contributed by atoms with van der Waals surface area (Å²) in [5.74, 6) is -1.40. The summed E-state index contributed by atoms with van der Waals surface area (Å²) in [5.41, 5.74) is 1.65. The Labute approximate surface area is 218 Å². The van der Waals surface area contributed by atoms with Gasteiger partial charge < -0.3 is 19.7 Å². The first-order valence-electron chi connectivity index (χ1n) is 11.9. The third-order valence-electron chi connectivity index (χ3n) is 7.42. The smallest absolute Gasteiger partial charge is 0.387 e. The molecule has 2 aliphatic rings. The van der Waals surface area contributed by atoms with Crippen molar-refractivity contribution in [2.75, 3.05) is 13.1 Å². The topological polar surface area (TPSA) is 79.2 Å². The van der Waals surface area contributed by atoms with Crippen LogP contribution in [0, 0.1) is 5.92 Å². The zero-order valence-electron chi connectivity index (χ0n) is 20.0. The molecule has 3 atom stereocenters. The van der Waals surface area contributed by atoms with Crippen molar-refractivity contribution in [1.29, 1.82) is 0 Å². The van der Waals surface area contributed by atoms with E-state index in [9.17, 15) is 23.8 Å². The fourth-order valence-electron chi connectivity index (χ4n) is 5.10. The van der Waals surface area contributed by atoms with Gasteiger partial charge in [0.2, 0.25) is 0 Å². The average Bonchev–Trinajstić information content (AvgIpc) is 2.84. The average molecular weight is 544 g/mol. The summed E-state index contributed by atoms with van der Waals surface area (Å²) < 4.78 is 37.2. The number of likely N-dealkylation sites (tertiary alicyclic amines) is 1. The molecule has 2 N–H and O–H groups in total. The standard InChI is InChI=1S/C26H29Cl2F2NO5/c1-14(24(33)34)22(32)17-4-3-16-5-6-26(36-21(16)11-17)7-9-31(10-8-26)15(2)19-12-18(27)13-20(28)23(19)35-25(29)30/h3-4,11-15,22,25,32H,5-10H2,1-2H3,(H,33,34)/t14-,15?,22+/m0/s1. The highest BCUT2D eigenvalue weighted by atomic mass is 35.5. The van der Waals surface area contributed by atoms with Crippen molar-refractivity contribution in [3.63, 3.8) is 0 Å². The van der Waals surface area contributed by atoms with E-state index in [4.69, 9.17) is 32.7 Å². The maximum Gasteiger partial charge on any atom is 0.387 e. The molecule has 6 nitrogen and oxygen atoms in total. The second kappa shape index (κ2) is 10.7. The van der Waals surface area contributed by atoms with Crippen molar-refractivity contribution >= 4 is 29.2 Å². The Morgan fingerprint density at radius 2 is 1.83 bits per heavy atom. The molecule has 1 spiro atoms. The molecule has 36 heavy (non-hydrogen) atoms. The van der Waals surface area contributed by atoms with E-state index in [0.717, 1.165) is 18.4 Å². The molecule has 0 aliphatic carbocycles. The largest absolute Gasteiger partial charge is 0.487 e. The number of carboxylic acid groups (broad SMARTS) is 1. The molecule has 10 heteroatoms. The molecule has 0 aromatic heterocycles. The zero-order valence-corrected chi connectivity index (χ0v) is 21.5. The number of aryl methyl sites for hydroxylation is 1. The van der Waals surface area contributed by atoms with E-state index in [1.807, 2.05) is 13.0 Å². The van der Waals surface area contributed by atoms with Gasteiger partial charge in [-0.2, -0.15) is 8.78 Å². The molecule has 196 valence electrons. The highest BCUT2D eigenvalue weighted by Gasteiger charge is 2.41.